The SMILES string of the molecule is COC1C(O)[C@H](CO)O[C@@H]1n1cc(C(C)=O)c(=O)n(C(C)=O)c1=O. The Balaban J connectivity index is 2.70. The third-order valence-electron chi connectivity index (χ3n) is 3.85. The predicted molar refractivity (Wildman–Crippen MR) is 79.1 cm³/mol. The molecule has 10 nitrogen and oxygen atoms in total. The number of carbonyl (C=O) groups excluding carboxylic acids is 2. The third-order valence-corrected chi connectivity index (χ3v) is 3.85. The summed E-state index contributed by atoms with van der Waals surface area (Å²) in [6.07, 6.45) is -3.56. The van der Waals surface area contributed by atoms with E-state index in [-0.39, 0.29) is 5.56 Å². The summed E-state index contributed by atoms with van der Waals surface area (Å²) in [7, 11) is 1.27. The van der Waals surface area contributed by atoms with Gasteiger partial charge in [0.25, 0.3) is 5.56 Å². The van der Waals surface area contributed by atoms with Crippen molar-refractivity contribution in [1.29, 1.82) is 0 Å². The summed E-state index contributed by atoms with van der Waals surface area (Å²) in [5.74, 6) is -1.51. The van der Waals surface area contributed by atoms with Crippen LogP contribution in [0, 0.1) is 0 Å². The Bertz CT molecular complexity index is 780. The van der Waals surface area contributed by atoms with E-state index in [0.717, 1.165) is 24.6 Å². The summed E-state index contributed by atoms with van der Waals surface area (Å²) in [5.41, 5.74) is -2.44. The van der Waals surface area contributed by atoms with E-state index < -0.39 is 54.1 Å². The molecule has 0 amide bonds. The predicted octanol–water partition coefficient (Wildman–Crippen LogP) is -1.86. The van der Waals surface area contributed by atoms with Crippen molar-refractivity contribution in [3.63, 3.8) is 0 Å². The number of hydrogen-bond acceptors (Lipinski definition) is 8. The third kappa shape index (κ3) is 2.84. The van der Waals surface area contributed by atoms with Gasteiger partial charge in [0.1, 0.15) is 18.3 Å². The van der Waals surface area contributed by atoms with E-state index in [2.05, 4.69) is 0 Å². The molecular weight excluding hydrogens is 324 g/mol. The molecule has 1 aromatic heterocycles. The van der Waals surface area contributed by atoms with Gasteiger partial charge in [0.2, 0.25) is 5.91 Å². The average molecular weight is 342 g/mol. The molecule has 132 valence electrons. The van der Waals surface area contributed by atoms with Crippen LogP contribution in [0.3, 0.4) is 0 Å². The lowest BCUT2D eigenvalue weighted by atomic mass is 10.1. The molecule has 0 aliphatic carbocycles. The molecular formula is C14H18N2O8. The summed E-state index contributed by atoms with van der Waals surface area (Å²) in [6, 6.07) is 0. The summed E-state index contributed by atoms with van der Waals surface area (Å²) < 4.78 is 11.7. The van der Waals surface area contributed by atoms with Crippen LogP contribution in [0.25, 0.3) is 0 Å². The first kappa shape index (κ1) is 18.2. The second-order valence-corrected chi connectivity index (χ2v) is 5.39. The van der Waals surface area contributed by atoms with Crippen molar-refractivity contribution in [3.05, 3.63) is 32.6 Å². The Morgan fingerprint density at radius 2 is 1.96 bits per heavy atom. The maximum absolute atomic E-state index is 12.5. The molecule has 2 unspecified atom stereocenters. The van der Waals surface area contributed by atoms with Gasteiger partial charge in [-0.05, 0) is 6.92 Å². The Morgan fingerprint density at radius 1 is 1.33 bits per heavy atom. The maximum Gasteiger partial charge on any atom is 0.340 e. The van der Waals surface area contributed by atoms with E-state index >= 15 is 0 Å². The van der Waals surface area contributed by atoms with Gasteiger partial charge < -0.3 is 19.7 Å². The zero-order valence-electron chi connectivity index (χ0n) is 13.3. The van der Waals surface area contributed by atoms with Crippen LogP contribution in [-0.4, -0.2) is 63.1 Å². The molecule has 0 spiro atoms. The van der Waals surface area contributed by atoms with Gasteiger partial charge in [-0.15, -0.1) is 0 Å². The highest BCUT2D eigenvalue weighted by Gasteiger charge is 2.45. The first-order valence-electron chi connectivity index (χ1n) is 7.11. The Labute approximate surface area is 135 Å². The number of aliphatic hydroxyl groups excluding tert-OH is 2. The lowest BCUT2D eigenvalue weighted by Crippen LogP contribution is -2.47. The number of methoxy groups -OCH3 is 1. The molecule has 0 aromatic carbocycles. The summed E-state index contributed by atoms with van der Waals surface area (Å²) >= 11 is 0. The van der Waals surface area contributed by atoms with Crippen molar-refractivity contribution in [3.8, 4) is 0 Å². The number of ether oxygens (including phenoxy) is 2. The van der Waals surface area contributed by atoms with Crippen molar-refractivity contribution >= 4 is 11.7 Å². The van der Waals surface area contributed by atoms with Gasteiger partial charge in [-0.3, -0.25) is 19.0 Å². The maximum atomic E-state index is 12.5. The van der Waals surface area contributed by atoms with Gasteiger partial charge in [0, 0.05) is 20.2 Å². The number of hydrogen-bond donors (Lipinski definition) is 2. The van der Waals surface area contributed by atoms with Gasteiger partial charge in [-0.1, -0.05) is 0 Å². The summed E-state index contributed by atoms with van der Waals surface area (Å²) in [6.45, 7) is 1.59. The summed E-state index contributed by atoms with van der Waals surface area (Å²) in [5, 5.41) is 19.3. The molecule has 0 bridgehead atoms. The number of rotatable bonds is 4. The molecule has 24 heavy (non-hydrogen) atoms. The Hall–Kier alpha value is -2.14. The molecule has 1 fully saturated rings. The highest BCUT2D eigenvalue weighted by atomic mass is 16.6. The van der Waals surface area contributed by atoms with E-state index in [1.165, 1.54) is 7.11 Å². The van der Waals surface area contributed by atoms with Gasteiger partial charge in [0.05, 0.1) is 12.2 Å². The number of Topliss-reactive ketones (excluding diaryl/α,β-unsaturated/α-hetero) is 1. The number of aliphatic hydroxyl groups is 2. The standard InChI is InChI=1S/C14H18N2O8/c1-6(18)8-4-15(14(22)16(7(2)19)12(8)21)13-11(23-3)10(20)9(5-17)24-13/h4,9-11,13,17,20H,5H2,1-3H3/t9-,10?,11?,13-/m0/s1. The molecule has 2 rings (SSSR count). The van der Waals surface area contributed by atoms with E-state index in [9.17, 15) is 29.4 Å². The van der Waals surface area contributed by atoms with Gasteiger partial charge >= 0.3 is 5.69 Å². The normalized spacial score (nSPS) is 26.5. The molecule has 2 heterocycles. The van der Waals surface area contributed by atoms with Crippen LogP contribution in [0.15, 0.2) is 15.8 Å². The molecule has 4 atom stereocenters. The fourth-order valence-electron chi connectivity index (χ4n) is 2.62. The van der Waals surface area contributed by atoms with Crippen LogP contribution in [-0.2, 0) is 9.47 Å². The highest BCUT2D eigenvalue weighted by molar-refractivity contribution is 5.94. The molecule has 1 saturated heterocycles. The molecule has 0 radical (unpaired) electrons. The van der Waals surface area contributed by atoms with Crippen molar-refractivity contribution in [1.82, 2.24) is 9.13 Å². The monoisotopic (exact) mass is 342 g/mol. The number of nitrogens with zero attached hydrogens (tertiary/aromatic N) is 2. The molecule has 1 aliphatic rings. The van der Waals surface area contributed by atoms with E-state index in [1.807, 2.05) is 0 Å². The van der Waals surface area contributed by atoms with Gasteiger partial charge in [-0.2, -0.15) is 4.57 Å². The molecule has 2 N–H and O–H groups in total. The fourth-order valence-corrected chi connectivity index (χ4v) is 2.62. The summed E-state index contributed by atoms with van der Waals surface area (Å²) in [4.78, 5) is 47.9. The Kier molecular flexibility index (Phi) is 5.13. The first-order valence-corrected chi connectivity index (χ1v) is 7.11. The fraction of sp³-hybridized carbons (Fsp3) is 0.571. The van der Waals surface area contributed by atoms with Crippen LogP contribution >= 0.6 is 0 Å². The minimum absolute atomic E-state index is 0.311. The number of ketones is 1. The molecule has 1 aromatic rings. The lowest BCUT2D eigenvalue weighted by molar-refractivity contribution is -0.0630. The minimum atomic E-state index is -1.24. The smallest absolute Gasteiger partial charge is 0.340 e. The number of carbonyl (C=O) groups is 2. The molecule has 0 saturated carbocycles. The first-order chi connectivity index (χ1) is 11.2. The largest absolute Gasteiger partial charge is 0.394 e. The van der Waals surface area contributed by atoms with Gasteiger partial charge in [0.15, 0.2) is 12.0 Å². The van der Waals surface area contributed by atoms with E-state index in [4.69, 9.17) is 9.47 Å². The lowest BCUT2D eigenvalue weighted by Gasteiger charge is -2.21. The topological polar surface area (TPSA) is 137 Å². The van der Waals surface area contributed by atoms with Crippen LogP contribution < -0.4 is 11.2 Å². The van der Waals surface area contributed by atoms with Crippen LogP contribution in [0.4, 0.5) is 0 Å². The second kappa shape index (κ2) is 6.77. The van der Waals surface area contributed by atoms with Crippen molar-refractivity contribution in [2.45, 2.75) is 38.4 Å². The zero-order chi connectivity index (χ0) is 18.2. The Morgan fingerprint density at radius 3 is 2.42 bits per heavy atom. The van der Waals surface area contributed by atoms with E-state index in [1.54, 1.807) is 0 Å². The second-order valence-electron chi connectivity index (χ2n) is 5.39. The minimum Gasteiger partial charge on any atom is -0.394 e. The number of aromatic nitrogens is 2. The quantitative estimate of drug-likeness (QED) is 0.608. The highest BCUT2D eigenvalue weighted by Crippen LogP contribution is 2.30. The molecule has 1 aliphatic heterocycles. The van der Waals surface area contributed by atoms with Crippen molar-refractivity contribution < 1.29 is 29.3 Å². The molecule has 10 heteroatoms. The van der Waals surface area contributed by atoms with Crippen molar-refractivity contribution in [2.75, 3.05) is 13.7 Å². The van der Waals surface area contributed by atoms with Crippen LogP contribution in [0.5, 0.6) is 0 Å². The van der Waals surface area contributed by atoms with E-state index in [0.29, 0.717) is 4.57 Å². The van der Waals surface area contributed by atoms with Gasteiger partial charge in [-0.25, -0.2) is 4.79 Å². The zero-order valence-corrected chi connectivity index (χ0v) is 13.3. The average Bonchev–Trinajstić information content (AvgIpc) is 2.82. The van der Waals surface area contributed by atoms with Crippen LogP contribution in [0.2, 0.25) is 0 Å². The van der Waals surface area contributed by atoms with Crippen molar-refractivity contribution in [2.24, 2.45) is 0 Å². The van der Waals surface area contributed by atoms with Crippen LogP contribution in [0.1, 0.15) is 35.2 Å².